The molecule has 106 valence electrons. The molecule has 1 N–H and O–H groups in total. The molecule has 1 aliphatic rings. The van der Waals surface area contributed by atoms with Crippen LogP contribution in [-0.4, -0.2) is 25.7 Å². The van der Waals surface area contributed by atoms with Crippen molar-refractivity contribution in [3.05, 3.63) is 21.4 Å². The Morgan fingerprint density at radius 2 is 2.42 bits per heavy atom. The van der Waals surface area contributed by atoms with E-state index in [2.05, 4.69) is 18.3 Å². The summed E-state index contributed by atoms with van der Waals surface area (Å²) in [6.45, 7) is 4.76. The van der Waals surface area contributed by atoms with Gasteiger partial charge >= 0.3 is 0 Å². The molecule has 0 aliphatic heterocycles. The molecule has 3 nitrogen and oxygen atoms in total. The summed E-state index contributed by atoms with van der Waals surface area (Å²) < 4.78 is 5.04. The quantitative estimate of drug-likeness (QED) is 0.901. The maximum Gasteiger partial charge on any atom is 0.261 e. The van der Waals surface area contributed by atoms with E-state index in [9.17, 15) is 4.79 Å². The Balaban J connectivity index is 2.02. The van der Waals surface area contributed by atoms with Crippen LogP contribution in [0.15, 0.2) is 6.07 Å². The van der Waals surface area contributed by atoms with Gasteiger partial charge in [-0.15, -0.1) is 11.3 Å². The second-order valence-corrected chi connectivity index (χ2v) is 6.54. The molecule has 0 fully saturated rings. The molecule has 0 aromatic carbocycles. The molecule has 2 atom stereocenters. The molecule has 0 spiro atoms. The van der Waals surface area contributed by atoms with Crippen molar-refractivity contribution in [3.8, 4) is 0 Å². The molecule has 1 heterocycles. The van der Waals surface area contributed by atoms with E-state index < -0.39 is 0 Å². The fraction of sp³-hybridized carbons (Fsp3) is 0.667. The zero-order valence-electron chi connectivity index (χ0n) is 12.0. The smallest absolute Gasteiger partial charge is 0.261 e. The lowest BCUT2D eigenvalue weighted by molar-refractivity contribution is 0.0909. The van der Waals surface area contributed by atoms with Crippen LogP contribution in [0.1, 0.15) is 46.8 Å². The topological polar surface area (TPSA) is 38.3 Å². The largest absolute Gasteiger partial charge is 0.383 e. The minimum Gasteiger partial charge on any atom is -0.383 e. The van der Waals surface area contributed by atoms with Gasteiger partial charge in [0.25, 0.3) is 5.91 Å². The van der Waals surface area contributed by atoms with Gasteiger partial charge in [-0.3, -0.25) is 4.79 Å². The van der Waals surface area contributed by atoms with Crippen molar-refractivity contribution in [2.24, 2.45) is 5.92 Å². The van der Waals surface area contributed by atoms with Gasteiger partial charge in [-0.1, -0.05) is 13.3 Å². The summed E-state index contributed by atoms with van der Waals surface area (Å²) in [5.74, 6) is 0.836. The van der Waals surface area contributed by atoms with E-state index in [0.717, 1.165) is 23.6 Å². The minimum absolute atomic E-state index is 0.0389. The zero-order valence-corrected chi connectivity index (χ0v) is 12.8. The highest BCUT2D eigenvalue weighted by Crippen LogP contribution is 2.33. The third kappa shape index (κ3) is 3.57. The summed E-state index contributed by atoms with van der Waals surface area (Å²) in [5.41, 5.74) is 1.40. The fourth-order valence-electron chi connectivity index (χ4n) is 2.65. The van der Waals surface area contributed by atoms with Gasteiger partial charge in [-0.2, -0.15) is 0 Å². The molecule has 1 aromatic rings. The number of amides is 1. The molecular weight excluding hydrogens is 258 g/mol. The van der Waals surface area contributed by atoms with Crippen molar-refractivity contribution in [2.75, 3.05) is 13.7 Å². The molecule has 1 aliphatic carbocycles. The molecule has 0 saturated heterocycles. The van der Waals surface area contributed by atoms with Gasteiger partial charge in [0.1, 0.15) is 0 Å². The summed E-state index contributed by atoms with van der Waals surface area (Å²) in [4.78, 5) is 14.4. The van der Waals surface area contributed by atoms with Crippen LogP contribution in [0.25, 0.3) is 0 Å². The normalized spacial score (nSPS) is 19.8. The maximum absolute atomic E-state index is 12.1. The van der Waals surface area contributed by atoms with Crippen molar-refractivity contribution in [1.82, 2.24) is 5.32 Å². The van der Waals surface area contributed by atoms with Crippen LogP contribution in [0.5, 0.6) is 0 Å². The van der Waals surface area contributed by atoms with Crippen LogP contribution in [0.2, 0.25) is 0 Å². The number of methoxy groups -OCH3 is 1. The van der Waals surface area contributed by atoms with Gasteiger partial charge in [-0.05, 0) is 43.7 Å². The standard InChI is InChI=1S/C15H23NO2S/c1-4-11-5-6-13-12(7-11)8-14(19-13)15(17)16-10(2)9-18-3/h8,10-11H,4-7,9H2,1-3H3,(H,16,17)/t10-,11-/m0/s1. The van der Waals surface area contributed by atoms with Crippen molar-refractivity contribution >= 4 is 17.2 Å². The number of thiophene rings is 1. The number of hydrogen-bond donors (Lipinski definition) is 1. The van der Waals surface area contributed by atoms with Crippen molar-refractivity contribution < 1.29 is 9.53 Å². The first kappa shape index (κ1) is 14.5. The third-order valence-corrected chi connectivity index (χ3v) is 5.02. The molecule has 0 unspecified atom stereocenters. The summed E-state index contributed by atoms with van der Waals surface area (Å²) in [7, 11) is 1.65. The molecule has 19 heavy (non-hydrogen) atoms. The number of nitrogens with one attached hydrogen (secondary N) is 1. The Hall–Kier alpha value is -0.870. The van der Waals surface area contributed by atoms with Gasteiger partial charge in [0.15, 0.2) is 0 Å². The van der Waals surface area contributed by atoms with Crippen LogP contribution in [0, 0.1) is 5.92 Å². The van der Waals surface area contributed by atoms with E-state index in [1.54, 1.807) is 18.4 Å². The van der Waals surface area contributed by atoms with Crippen molar-refractivity contribution in [3.63, 3.8) is 0 Å². The van der Waals surface area contributed by atoms with Gasteiger partial charge in [-0.25, -0.2) is 0 Å². The summed E-state index contributed by atoms with van der Waals surface area (Å²) in [5, 5.41) is 2.98. The molecule has 2 rings (SSSR count). The Bertz CT molecular complexity index is 441. The Morgan fingerprint density at radius 1 is 1.63 bits per heavy atom. The third-order valence-electron chi connectivity index (χ3n) is 3.78. The van der Waals surface area contributed by atoms with Gasteiger partial charge in [0, 0.05) is 18.0 Å². The monoisotopic (exact) mass is 281 g/mol. The SMILES string of the molecule is CC[C@H]1CCc2sc(C(=O)N[C@@H](C)COC)cc2C1. The van der Waals surface area contributed by atoms with E-state index in [1.165, 1.54) is 23.3 Å². The number of ether oxygens (including phenoxy) is 1. The first-order chi connectivity index (χ1) is 9.13. The van der Waals surface area contributed by atoms with E-state index in [-0.39, 0.29) is 11.9 Å². The molecule has 1 amide bonds. The molecule has 0 saturated carbocycles. The Morgan fingerprint density at radius 3 is 3.11 bits per heavy atom. The fourth-order valence-corrected chi connectivity index (χ4v) is 3.76. The number of hydrogen-bond acceptors (Lipinski definition) is 3. The molecule has 0 bridgehead atoms. The number of rotatable bonds is 5. The highest BCUT2D eigenvalue weighted by atomic mass is 32.1. The first-order valence-corrected chi connectivity index (χ1v) is 7.87. The lowest BCUT2D eigenvalue weighted by Gasteiger charge is -2.19. The number of carbonyl (C=O) groups is 1. The lowest BCUT2D eigenvalue weighted by atomic mass is 9.87. The van der Waals surface area contributed by atoms with E-state index in [1.807, 2.05) is 6.92 Å². The molecule has 0 radical (unpaired) electrons. The van der Waals surface area contributed by atoms with Gasteiger partial charge in [0.05, 0.1) is 11.5 Å². The second-order valence-electron chi connectivity index (χ2n) is 5.41. The van der Waals surface area contributed by atoms with Crippen LogP contribution in [0.3, 0.4) is 0 Å². The highest BCUT2D eigenvalue weighted by Gasteiger charge is 2.22. The second kappa shape index (κ2) is 6.53. The zero-order chi connectivity index (χ0) is 13.8. The summed E-state index contributed by atoms with van der Waals surface area (Å²) in [6, 6.07) is 2.15. The summed E-state index contributed by atoms with van der Waals surface area (Å²) in [6.07, 6.45) is 4.79. The van der Waals surface area contributed by atoms with Crippen molar-refractivity contribution in [1.29, 1.82) is 0 Å². The predicted molar refractivity (Wildman–Crippen MR) is 78.9 cm³/mol. The average molecular weight is 281 g/mol. The number of carbonyl (C=O) groups excluding carboxylic acids is 1. The number of fused-ring (bicyclic) bond motifs is 1. The molecule has 1 aromatic heterocycles. The lowest BCUT2D eigenvalue weighted by Crippen LogP contribution is -2.35. The van der Waals surface area contributed by atoms with Crippen LogP contribution >= 0.6 is 11.3 Å². The van der Waals surface area contributed by atoms with Crippen LogP contribution < -0.4 is 5.32 Å². The Labute approximate surface area is 119 Å². The number of aryl methyl sites for hydroxylation is 1. The highest BCUT2D eigenvalue weighted by molar-refractivity contribution is 7.14. The average Bonchev–Trinajstić information content (AvgIpc) is 2.81. The molecule has 4 heteroatoms. The minimum atomic E-state index is 0.0389. The van der Waals surface area contributed by atoms with Crippen LogP contribution in [0.4, 0.5) is 0 Å². The Kier molecular flexibility index (Phi) is 4.99. The predicted octanol–water partition coefficient (Wildman–Crippen LogP) is 3.03. The van der Waals surface area contributed by atoms with Crippen molar-refractivity contribution in [2.45, 2.75) is 45.6 Å². The van der Waals surface area contributed by atoms with Gasteiger partial charge < -0.3 is 10.1 Å². The summed E-state index contributed by atoms with van der Waals surface area (Å²) >= 11 is 1.66. The first-order valence-electron chi connectivity index (χ1n) is 7.05. The molecular formula is C15H23NO2S. The van der Waals surface area contributed by atoms with Gasteiger partial charge in [0.2, 0.25) is 0 Å². The maximum atomic E-state index is 12.1. The van der Waals surface area contributed by atoms with Crippen LogP contribution in [-0.2, 0) is 17.6 Å². The van der Waals surface area contributed by atoms with E-state index in [0.29, 0.717) is 6.61 Å². The van der Waals surface area contributed by atoms with E-state index in [4.69, 9.17) is 4.74 Å². The van der Waals surface area contributed by atoms with E-state index >= 15 is 0 Å².